The lowest BCUT2D eigenvalue weighted by Crippen LogP contribution is -2.13. The SMILES string of the molecule is CCCCCCCC1CCC(c2ccc(C=CC(F)(F)F)c(F)c2)CC1. The number of hydrogen-bond donors (Lipinski definition) is 0. The van der Waals surface area contributed by atoms with E-state index in [1.807, 2.05) is 0 Å². The molecule has 0 atom stereocenters. The van der Waals surface area contributed by atoms with Gasteiger partial charge < -0.3 is 0 Å². The summed E-state index contributed by atoms with van der Waals surface area (Å²) in [5.41, 5.74) is 0.917. The maximum atomic E-state index is 14.1. The Balaban J connectivity index is 1.82. The van der Waals surface area contributed by atoms with Crippen LogP contribution in [0.25, 0.3) is 6.08 Å². The van der Waals surface area contributed by atoms with Crippen LogP contribution in [0.5, 0.6) is 0 Å². The molecule has 0 saturated heterocycles. The lowest BCUT2D eigenvalue weighted by Gasteiger charge is -2.29. The minimum atomic E-state index is -4.42. The monoisotopic (exact) mass is 370 g/mol. The molecule has 0 bridgehead atoms. The Morgan fingerprint density at radius 1 is 1.00 bits per heavy atom. The van der Waals surface area contributed by atoms with Gasteiger partial charge in [-0.3, -0.25) is 0 Å². The Morgan fingerprint density at radius 3 is 2.31 bits per heavy atom. The van der Waals surface area contributed by atoms with Crippen molar-refractivity contribution in [1.82, 2.24) is 0 Å². The van der Waals surface area contributed by atoms with Gasteiger partial charge in [-0.25, -0.2) is 4.39 Å². The second kappa shape index (κ2) is 10.1. The van der Waals surface area contributed by atoms with E-state index in [0.29, 0.717) is 5.92 Å². The molecule has 0 heterocycles. The van der Waals surface area contributed by atoms with Gasteiger partial charge in [0, 0.05) is 11.6 Å². The first kappa shape index (κ1) is 21.0. The van der Waals surface area contributed by atoms with E-state index >= 15 is 0 Å². The molecule has 1 saturated carbocycles. The molecule has 146 valence electrons. The van der Waals surface area contributed by atoms with Gasteiger partial charge in [-0.2, -0.15) is 13.2 Å². The van der Waals surface area contributed by atoms with Gasteiger partial charge in [0.05, 0.1) is 0 Å². The molecule has 0 N–H and O–H groups in total. The molecule has 0 radical (unpaired) electrons. The molecule has 0 aromatic heterocycles. The van der Waals surface area contributed by atoms with Crippen molar-refractivity contribution in [2.24, 2.45) is 5.92 Å². The van der Waals surface area contributed by atoms with Crippen LogP contribution >= 0.6 is 0 Å². The summed E-state index contributed by atoms with van der Waals surface area (Å²) >= 11 is 0. The van der Waals surface area contributed by atoms with Crippen molar-refractivity contribution in [2.75, 3.05) is 0 Å². The third kappa shape index (κ3) is 7.13. The zero-order valence-corrected chi connectivity index (χ0v) is 15.6. The van der Waals surface area contributed by atoms with Crippen LogP contribution < -0.4 is 0 Å². The van der Waals surface area contributed by atoms with E-state index in [4.69, 9.17) is 0 Å². The van der Waals surface area contributed by atoms with Gasteiger partial charge in [-0.05, 0) is 55.2 Å². The number of allylic oxidation sites excluding steroid dienone is 1. The van der Waals surface area contributed by atoms with Crippen LogP contribution in [0.4, 0.5) is 17.6 Å². The van der Waals surface area contributed by atoms with E-state index in [-0.39, 0.29) is 11.6 Å². The number of alkyl halides is 3. The fourth-order valence-electron chi connectivity index (χ4n) is 3.94. The molecule has 0 unspecified atom stereocenters. The highest BCUT2D eigenvalue weighted by molar-refractivity contribution is 5.51. The molecule has 1 aliphatic rings. The molecule has 1 aromatic rings. The van der Waals surface area contributed by atoms with Crippen molar-refractivity contribution in [3.8, 4) is 0 Å². The van der Waals surface area contributed by atoms with Gasteiger partial charge in [0.25, 0.3) is 0 Å². The summed E-state index contributed by atoms with van der Waals surface area (Å²) in [5, 5.41) is 0. The summed E-state index contributed by atoms with van der Waals surface area (Å²) in [4.78, 5) is 0. The van der Waals surface area contributed by atoms with E-state index in [9.17, 15) is 17.6 Å². The highest BCUT2D eigenvalue weighted by Gasteiger charge is 2.24. The number of hydrogen-bond acceptors (Lipinski definition) is 0. The zero-order chi connectivity index (χ0) is 19.0. The van der Waals surface area contributed by atoms with E-state index in [2.05, 4.69) is 6.92 Å². The second-order valence-electron chi connectivity index (χ2n) is 7.58. The molecule has 4 heteroatoms. The first-order valence-corrected chi connectivity index (χ1v) is 9.94. The van der Waals surface area contributed by atoms with E-state index < -0.39 is 12.0 Å². The maximum Gasteiger partial charge on any atom is 0.409 e. The largest absolute Gasteiger partial charge is 0.409 e. The van der Waals surface area contributed by atoms with Crippen LogP contribution in [0.3, 0.4) is 0 Å². The summed E-state index contributed by atoms with van der Waals surface area (Å²) in [6, 6.07) is 4.67. The van der Waals surface area contributed by atoms with Crippen LogP contribution in [0.2, 0.25) is 0 Å². The van der Waals surface area contributed by atoms with E-state index in [0.717, 1.165) is 30.4 Å². The zero-order valence-electron chi connectivity index (χ0n) is 15.6. The predicted molar refractivity (Wildman–Crippen MR) is 99.6 cm³/mol. The lowest BCUT2D eigenvalue weighted by molar-refractivity contribution is -0.0790. The van der Waals surface area contributed by atoms with Gasteiger partial charge >= 0.3 is 6.18 Å². The fourth-order valence-corrected chi connectivity index (χ4v) is 3.94. The Labute approximate surface area is 154 Å². The molecule has 2 rings (SSSR count). The first-order valence-electron chi connectivity index (χ1n) is 9.94. The molecule has 1 fully saturated rings. The number of unbranched alkanes of at least 4 members (excludes halogenated alkanes) is 4. The van der Waals surface area contributed by atoms with Crippen LogP contribution in [0.1, 0.15) is 88.2 Å². The smallest absolute Gasteiger partial charge is 0.206 e. The van der Waals surface area contributed by atoms with Gasteiger partial charge in [0.1, 0.15) is 5.82 Å². The molecule has 1 aromatic carbocycles. The summed E-state index contributed by atoms with van der Waals surface area (Å²) < 4.78 is 50.8. The average Bonchev–Trinajstić information content (AvgIpc) is 2.60. The molecule has 0 spiro atoms. The van der Waals surface area contributed by atoms with Gasteiger partial charge in [-0.1, -0.05) is 57.6 Å². The van der Waals surface area contributed by atoms with Gasteiger partial charge in [0.15, 0.2) is 0 Å². The molecule has 0 nitrogen and oxygen atoms in total. The van der Waals surface area contributed by atoms with Crippen LogP contribution in [-0.4, -0.2) is 6.18 Å². The Hall–Kier alpha value is -1.32. The standard InChI is InChI=1S/C22H30F4/c1-2-3-4-5-6-7-17-8-10-18(11-9-17)20-13-12-19(21(23)16-20)14-15-22(24,25)26/h12-18H,2-11H2,1H3. The predicted octanol–water partition coefficient (Wildman–Crippen LogP) is 8.04. The third-order valence-corrected chi connectivity index (χ3v) is 5.51. The topological polar surface area (TPSA) is 0 Å². The lowest BCUT2D eigenvalue weighted by atomic mass is 9.77. The van der Waals surface area contributed by atoms with Crippen molar-refractivity contribution in [1.29, 1.82) is 0 Å². The van der Waals surface area contributed by atoms with Crippen molar-refractivity contribution in [2.45, 2.75) is 83.2 Å². The quantitative estimate of drug-likeness (QED) is 0.321. The van der Waals surface area contributed by atoms with Crippen LogP contribution in [0, 0.1) is 11.7 Å². The minimum absolute atomic E-state index is 0.00756. The summed E-state index contributed by atoms with van der Waals surface area (Å²) in [5.74, 6) is 0.550. The van der Waals surface area contributed by atoms with Crippen molar-refractivity contribution in [3.05, 3.63) is 41.2 Å². The number of halogens is 4. The Kier molecular flexibility index (Phi) is 8.17. The van der Waals surface area contributed by atoms with Crippen molar-refractivity contribution in [3.63, 3.8) is 0 Å². The minimum Gasteiger partial charge on any atom is -0.206 e. The fraction of sp³-hybridized carbons (Fsp3) is 0.636. The van der Waals surface area contributed by atoms with Crippen molar-refractivity contribution < 1.29 is 17.6 Å². The van der Waals surface area contributed by atoms with E-state index in [1.165, 1.54) is 63.5 Å². The van der Waals surface area contributed by atoms with Gasteiger partial charge in [0.2, 0.25) is 0 Å². The summed E-state index contributed by atoms with van der Waals surface area (Å²) in [7, 11) is 0. The van der Waals surface area contributed by atoms with E-state index in [1.54, 1.807) is 6.07 Å². The molecule has 26 heavy (non-hydrogen) atoms. The molecular weight excluding hydrogens is 340 g/mol. The molecule has 0 amide bonds. The summed E-state index contributed by atoms with van der Waals surface area (Å²) in [6.07, 6.45) is 8.78. The highest BCUT2D eigenvalue weighted by Crippen LogP contribution is 2.38. The molecular formula is C22H30F4. The first-order chi connectivity index (χ1) is 12.4. The normalized spacial score (nSPS) is 21.4. The maximum absolute atomic E-state index is 14.1. The number of benzene rings is 1. The van der Waals surface area contributed by atoms with Crippen molar-refractivity contribution >= 4 is 6.08 Å². The highest BCUT2D eigenvalue weighted by atomic mass is 19.4. The number of rotatable bonds is 8. The summed E-state index contributed by atoms with van der Waals surface area (Å²) in [6.45, 7) is 2.23. The van der Waals surface area contributed by atoms with Crippen LogP contribution in [0.15, 0.2) is 24.3 Å². The average molecular weight is 370 g/mol. The molecule has 0 aliphatic heterocycles. The Bertz CT molecular complexity index is 566. The van der Waals surface area contributed by atoms with Crippen LogP contribution in [-0.2, 0) is 0 Å². The molecule has 1 aliphatic carbocycles. The second-order valence-corrected chi connectivity index (χ2v) is 7.58. The third-order valence-electron chi connectivity index (χ3n) is 5.51. The Morgan fingerprint density at radius 2 is 1.69 bits per heavy atom. The van der Waals surface area contributed by atoms with Gasteiger partial charge in [-0.15, -0.1) is 0 Å².